The molecule has 5 rings (SSSR count). The van der Waals surface area contributed by atoms with Crippen LogP contribution in [-0.4, -0.2) is 58.5 Å². The number of carbonyl (C=O) groups is 3. The zero-order chi connectivity index (χ0) is 26.5. The van der Waals surface area contributed by atoms with Crippen LogP contribution in [0.5, 0.6) is 0 Å². The van der Waals surface area contributed by atoms with E-state index in [1.54, 1.807) is 35.4 Å². The minimum atomic E-state index is -4.47. The lowest BCUT2D eigenvalue weighted by Gasteiger charge is -2.39. The van der Waals surface area contributed by atoms with E-state index >= 15 is 0 Å². The summed E-state index contributed by atoms with van der Waals surface area (Å²) in [6, 6.07) is 8.27. The molecule has 1 fully saturated rings. The van der Waals surface area contributed by atoms with Gasteiger partial charge in [-0.1, -0.05) is 23.2 Å². The number of aromatic nitrogens is 2. The standard InChI is InChI=1S/C25H21Cl2F3N4O3/c26-17-2-4-19-20(21(17)27)24(23(37)34(19)13-16(35)5-6-25(28,29)30)7-9-33(10-8-24)22(36)14-1-3-18-15(11-14)12-31-32-18/h1-4,11-12H,5-10,13H2,(H,31,32). The van der Waals surface area contributed by atoms with Crippen molar-refractivity contribution in [2.75, 3.05) is 24.5 Å². The third-order valence-corrected chi connectivity index (χ3v) is 7.91. The lowest BCUT2D eigenvalue weighted by Crippen LogP contribution is -2.50. The molecule has 1 N–H and O–H groups in total. The molecule has 3 heterocycles. The summed E-state index contributed by atoms with van der Waals surface area (Å²) >= 11 is 12.8. The van der Waals surface area contributed by atoms with Gasteiger partial charge in [-0.05, 0) is 43.2 Å². The second-order valence-electron chi connectivity index (χ2n) is 9.35. The average molecular weight is 553 g/mol. The van der Waals surface area contributed by atoms with E-state index in [0.717, 1.165) is 10.9 Å². The maximum absolute atomic E-state index is 13.7. The molecule has 2 amide bonds. The molecule has 1 spiro atoms. The van der Waals surface area contributed by atoms with Crippen molar-refractivity contribution in [2.45, 2.75) is 37.3 Å². The van der Waals surface area contributed by atoms with Crippen LogP contribution in [0.15, 0.2) is 36.5 Å². The van der Waals surface area contributed by atoms with E-state index in [-0.39, 0.29) is 41.9 Å². The Morgan fingerprint density at radius 2 is 1.84 bits per heavy atom. The van der Waals surface area contributed by atoms with Gasteiger partial charge in [0, 0.05) is 36.0 Å². The number of ketones is 1. The van der Waals surface area contributed by atoms with E-state index in [2.05, 4.69) is 10.2 Å². The Morgan fingerprint density at radius 3 is 2.54 bits per heavy atom. The number of aromatic amines is 1. The smallest absolute Gasteiger partial charge is 0.339 e. The number of hydrogen-bond donors (Lipinski definition) is 1. The molecule has 0 saturated carbocycles. The van der Waals surface area contributed by atoms with Crippen molar-refractivity contribution >= 4 is 57.4 Å². The van der Waals surface area contributed by atoms with Gasteiger partial charge in [0.2, 0.25) is 5.91 Å². The van der Waals surface area contributed by atoms with Gasteiger partial charge in [-0.25, -0.2) is 0 Å². The Labute approximate surface area is 219 Å². The topological polar surface area (TPSA) is 86.4 Å². The molecule has 1 saturated heterocycles. The summed E-state index contributed by atoms with van der Waals surface area (Å²) in [5.41, 5.74) is 0.985. The largest absolute Gasteiger partial charge is 0.389 e. The Bertz CT molecular complexity index is 1410. The highest BCUT2D eigenvalue weighted by Crippen LogP contribution is 2.52. The van der Waals surface area contributed by atoms with Crippen molar-refractivity contribution in [3.63, 3.8) is 0 Å². The molecule has 194 valence electrons. The molecule has 12 heteroatoms. The Hall–Kier alpha value is -3.11. The first-order valence-electron chi connectivity index (χ1n) is 11.6. The second kappa shape index (κ2) is 9.33. The fraction of sp³-hybridized carbons (Fsp3) is 0.360. The number of H-pyrrole nitrogens is 1. The van der Waals surface area contributed by atoms with Crippen LogP contribution < -0.4 is 4.90 Å². The Balaban J connectivity index is 1.39. The molecule has 3 aromatic rings. The van der Waals surface area contributed by atoms with E-state index in [1.165, 1.54) is 11.0 Å². The van der Waals surface area contributed by atoms with Crippen LogP contribution in [0.25, 0.3) is 10.9 Å². The van der Waals surface area contributed by atoms with Crippen LogP contribution in [0.1, 0.15) is 41.6 Å². The van der Waals surface area contributed by atoms with Crippen molar-refractivity contribution in [3.8, 4) is 0 Å². The van der Waals surface area contributed by atoms with Gasteiger partial charge in [0.1, 0.15) is 0 Å². The summed E-state index contributed by atoms with van der Waals surface area (Å²) in [5, 5.41) is 7.99. The van der Waals surface area contributed by atoms with Gasteiger partial charge in [0.05, 0.1) is 45.8 Å². The first-order valence-corrected chi connectivity index (χ1v) is 12.4. The lowest BCUT2D eigenvalue weighted by atomic mass is 9.73. The van der Waals surface area contributed by atoms with Gasteiger partial charge in [-0.2, -0.15) is 18.3 Å². The number of fused-ring (bicyclic) bond motifs is 3. The Kier molecular flexibility index (Phi) is 6.44. The summed E-state index contributed by atoms with van der Waals surface area (Å²) in [6.07, 6.45) is -4.36. The van der Waals surface area contributed by atoms with E-state index in [4.69, 9.17) is 23.2 Å². The van der Waals surface area contributed by atoms with Crippen LogP contribution in [0.2, 0.25) is 10.0 Å². The molecule has 2 aromatic carbocycles. The van der Waals surface area contributed by atoms with Gasteiger partial charge >= 0.3 is 6.18 Å². The van der Waals surface area contributed by atoms with Gasteiger partial charge in [0.25, 0.3) is 5.91 Å². The number of benzene rings is 2. The van der Waals surface area contributed by atoms with Gasteiger partial charge in [-0.15, -0.1) is 0 Å². The minimum absolute atomic E-state index is 0.169. The number of Topliss-reactive ketones (excluding diaryl/α,β-unsaturated/α-hetero) is 1. The predicted molar refractivity (Wildman–Crippen MR) is 132 cm³/mol. The van der Waals surface area contributed by atoms with E-state index in [9.17, 15) is 27.6 Å². The number of nitrogens with zero attached hydrogens (tertiary/aromatic N) is 3. The number of nitrogens with one attached hydrogen (secondary N) is 1. The zero-order valence-electron chi connectivity index (χ0n) is 19.4. The fourth-order valence-electron chi connectivity index (χ4n) is 5.20. The highest BCUT2D eigenvalue weighted by molar-refractivity contribution is 6.43. The molecule has 0 aliphatic carbocycles. The molecule has 7 nitrogen and oxygen atoms in total. The van der Waals surface area contributed by atoms with Crippen molar-refractivity contribution in [2.24, 2.45) is 0 Å². The van der Waals surface area contributed by atoms with Crippen LogP contribution in [0, 0.1) is 0 Å². The summed E-state index contributed by atoms with van der Waals surface area (Å²) < 4.78 is 37.8. The molecule has 1 aromatic heterocycles. The van der Waals surface area contributed by atoms with E-state index < -0.39 is 42.7 Å². The number of likely N-dealkylation sites (tertiary alicyclic amines) is 1. The SMILES string of the molecule is O=C(CCC(F)(F)F)CN1C(=O)C2(CCN(C(=O)c3ccc4[nH]ncc4c3)CC2)c2c1ccc(Cl)c2Cl. The fourth-order valence-corrected chi connectivity index (χ4v) is 5.70. The second-order valence-corrected chi connectivity index (χ2v) is 10.1. The van der Waals surface area contributed by atoms with Gasteiger partial charge in [-0.3, -0.25) is 19.5 Å². The number of rotatable bonds is 5. The van der Waals surface area contributed by atoms with Crippen LogP contribution in [-0.2, 0) is 15.0 Å². The van der Waals surface area contributed by atoms with E-state index in [0.29, 0.717) is 16.8 Å². The maximum Gasteiger partial charge on any atom is 0.389 e. The molecule has 0 unspecified atom stereocenters. The predicted octanol–water partition coefficient (Wildman–Crippen LogP) is 5.30. The van der Waals surface area contributed by atoms with Crippen LogP contribution in [0.3, 0.4) is 0 Å². The number of carbonyl (C=O) groups excluding carboxylic acids is 3. The summed E-state index contributed by atoms with van der Waals surface area (Å²) in [4.78, 5) is 42.2. The number of hydrogen-bond acceptors (Lipinski definition) is 4. The third-order valence-electron chi connectivity index (χ3n) is 7.11. The van der Waals surface area contributed by atoms with Crippen molar-refractivity contribution in [1.82, 2.24) is 15.1 Å². The summed E-state index contributed by atoms with van der Waals surface area (Å²) in [5.74, 6) is -1.32. The molecule has 0 bridgehead atoms. The number of amides is 2. The monoisotopic (exact) mass is 552 g/mol. The molecule has 37 heavy (non-hydrogen) atoms. The summed E-state index contributed by atoms with van der Waals surface area (Å²) in [6.45, 7) is -0.00668. The average Bonchev–Trinajstić information content (AvgIpc) is 3.42. The van der Waals surface area contributed by atoms with Gasteiger partial charge in [0.15, 0.2) is 5.78 Å². The van der Waals surface area contributed by atoms with Crippen LogP contribution in [0.4, 0.5) is 18.9 Å². The number of halogens is 5. The third kappa shape index (κ3) is 4.57. The number of piperidine rings is 1. The zero-order valence-corrected chi connectivity index (χ0v) is 20.9. The number of alkyl halides is 3. The van der Waals surface area contributed by atoms with Gasteiger partial charge < -0.3 is 9.80 Å². The van der Waals surface area contributed by atoms with Crippen molar-refractivity contribution in [1.29, 1.82) is 0 Å². The molecular formula is C25H21Cl2F3N4O3. The first-order chi connectivity index (χ1) is 17.5. The first kappa shape index (κ1) is 25.5. The molecule has 2 aliphatic heterocycles. The summed E-state index contributed by atoms with van der Waals surface area (Å²) in [7, 11) is 0. The van der Waals surface area contributed by atoms with Crippen molar-refractivity contribution in [3.05, 3.63) is 57.7 Å². The van der Waals surface area contributed by atoms with Crippen molar-refractivity contribution < 1.29 is 27.6 Å². The van der Waals surface area contributed by atoms with Crippen LogP contribution >= 0.6 is 23.2 Å². The highest BCUT2D eigenvalue weighted by atomic mass is 35.5. The highest BCUT2D eigenvalue weighted by Gasteiger charge is 2.54. The number of anilines is 1. The van der Waals surface area contributed by atoms with E-state index in [1.807, 2.05) is 0 Å². The maximum atomic E-state index is 13.7. The minimum Gasteiger partial charge on any atom is -0.339 e. The Morgan fingerprint density at radius 1 is 1.11 bits per heavy atom. The lowest BCUT2D eigenvalue weighted by molar-refractivity contribution is -0.142. The molecule has 2 aliphatic rings. The molecule has 0 radical (unpaired) electrons. The molecule has 0 atom stereocenters. The normalized spacial score (nSPS) is 17.1. The molecular weight excluding hydrogens is 532 g/mol. The quantitative estimate of drug-likeness (QED) is 0.465.